The number of piperazine rings is 1. The number of nitrogens with zero attached hydrogens (tertiary/aromatic N) is 5. The van der Waals surface area contributed by atoms with Gasteiger partial charge in [-0.2, -0.15) is 0 Å². The van der Waals surface area contributed by atoms with Crippen LogP contribution in [0.25, 0.3) is 0 Å². The predicted molar refractivity (Wildman–Crippen MR) is 99.7 cm³/mol. The van der Waals surface area contributed by atoms with Gasteiger partial charge < -0.3 is 9.80 Å². The molecule has 1 atom stereocenters. The molecule has 3 rings (SSSR count). The van der Waals surface area contributed by atoms with E-state index in [1.165, 1.54) is 5.69 Å². The van der Waals surface area contributed by atoms with Crippen molar-refractivity contribution < 1.29 is 4.90 Å². The fourth-order valence-electron chi connectivity index (χ4n) is 3.69. The Hall–Kier alpha value is -1.95. The van der Waals surface area contributed by atoms with Gasteiger partial charge in [-0.15, -0.1) is 5.10 Å². The number of hydrogen-bond donors (Lipinski definition) is 1. The van der Waals surface area contributed by atoms with Crippen LogP contribution in [0.3, 0.4) is 0 Å². The lowest BCUT2D eigenvalue weighted by molar-refractivity contribution is -0.933. The number of tetrazole rings is 1. The number of aromatic nitrogens is 4. The molecule has 136 valence electrons. The highest BCUT2D eigenvalue weighted by molar-refractivity contribution is 5.46. The minimum Gasteiger partial charge on any atom is -0.360 e. The molecule has 1 fully saturated rings. The van der Waals surface area contributed by atoms with E-state index in [9.17, 15) is 0 Å². The van der Waals surface area contributed by atoms with Gasteiger partial charge in [0.05, 0.1) is 26.2 Å². The molecule has 0 amide bonds. The van der Waals surface area contributed by atoms with E-state index in [-0.39, 0.29) is 0 Å². The molecule has 1 aromatic carbocycles. The Kier molecular flexibility index (Phi) is 6.02. The Balaban J connectivity index is 1.64. The van der Waals surface area contributed by atoms with Crippen molar-refractivity contribution in [3.63, 3.8) is 0 Å². The van der Waals surface area contributed by atoms with Gasteiger partial charge in [0.15, 0.2) is 0 Å². The van der Waals surface area contributed by atoms with Crippen LogP contribution in [-0.4, -0.2) is 46.4 Å². The van der Waals surface area contributed by atoms with Crippen molar-refractivity contribution in [2.75, 3.05) is 31.1 Å². The van der Waals surface area contributed by atoms with Gasteiger partial charge in [-0.05, 0) is 34.9 Å². The molecular weight excluding hydrogens is 312 g/mol. The molecule has 6 nitrogen and oxygen atoms in total. The van der Waals surface area contributed by atoms with Gasteiger partial charge in [0.2, 0.25) is 5.82 Å². The summed E-state index contributed by atoms with van der Waals surface area (Å²) in [6, 6.07) is 11.1. The Morgan fingerprint density at radius 2 is 1.84 bits per heavy atom. The van der Waals surface area contributed by atoms with Crippen LogP contribution in [0.2, 0.25) is 0 Å². The summed E-state index contributed by atoms with van der Waals surface area (Å²) in [5.74, 6) is 1.73. The van der Waals surface area contributed by atoms with E-state index in [0.29, 0.717) is 12.0 Å². The number of para-hydroxylation sites is 1. The quantitative estimate of drug-likeness (QED) is 0.829. The molecule has 0 radical (unpaired) electrons. The van der Waals surface area contributed by atoms with Gasteiger partial charge in [-0.1, -0.05) is 39.0 Å². The molecule has 2 aromatic rings. The highest BCUT2D eigenvalue weighted by Gasteiger charge is 2.31. The zero-order chi connectivity index (χ0) is 17.6. The summed E-state index contributed by atoms with van der Waals surface area (Å²) in [7, 11) is 0. The van der Waals surface area contributed by atoms with Crippen LogP contribution in [0.1, 0.15) is 45.5 Å². The number of quaternary nitrogens is 1. The average molecular weight is 343 g/mol. The van der Waals surface area contributed by atoms with Gasteiger partial charge in [-0.3, -0.25) is 0 Å². The SMILES string of the molecule is CC[C@@H](c1nnnn1CCC(C)C)[NH+]1CCN(c2ccccc2)CC1. The van der Waals surface area contributed by atoms with Crippen LogP contribution in [0.15, 0.2) is 30.3 Å². The molecule has 1 aliphatic rings. The van der Waals surface area contributed by atoms with Crippen molar-refractivity contribution in [2.45, 2.75) is 46.2 Å². The van der Waals surface area contributed by atoms with Gasteiger partial charge in [0, 0.05) is 18.7 Å². The number of rotatable bonds is 7. The van der Waals surface area contributed by atoms with Crippen LogP contribution >= 0.6 is 0 Å². The van der Waals surface area contributed by atoms with E-state index in [1.54, 1.807) is 4.90 Å². The molecule has 1 aromatic heterocycles. The van der Waals surface area contributed by atoms with Gasteiger partial charge in [0.1, 0.15) is 6.04 Å². The van der Waals surface area contributed by atoms with Crippen LogP contribution in [0.5, 0.6) is 0 Å². The van der Waals surface area contributed by atoms with E-state index in [1.807, 2.05) is 4.68 Å². The van der Waals surface area contributed by atoms with E-state index in [4.69, 9.17) is 0 Å². The van der Waals surface area contributed by atoms with Crippen LogP contribution in [-0.2, 0) is 6.54 Å². The summed E-state index contributed by atoms with van der Waals surface area (Å²) < 4.78 is 2.03. The second-order valence-electron chi connectivity index (χ2n) is 7.38. The van der Waals surface area contributed by atoms with Gasteiger partial charge >= 0.3 is 0 Å². The van der Waals surface area contributed by atoms with Crippen molar-refractivity contribution in [1.29, 1.82) is 0 Å². The van der Waals surface area contributed by atoms with E-state index in [2.05, 4.69) is 71.5 Å². The first-order chi connectivity index (χ1) is 12.2. The summed E-state index contributed by atoms with van der Waals surface area (Å²) in [5, 5.41) is 12.6. The molecule has 1 aliphatic heterocycles. The summed E-state index contributed by atoms with van der Waals surface area (Å²) >= 11 is 0. The topological polar surface area (TPSA) is 51.3 Å². The van der Waals surface area contributed by atoms with E-state index >= 15 is 0 Å². The first-order valence-corrected chi connectivity index (χ1v) is 9.59. The fourth-order valence-corrected chi connectivity index (χ4v) is 3.69. The minimum absolute atomic E-state index is 0.389. The van der Waals surface area contributed by atoms with Crippen molar-refractivity contribution in [2.24, 2.45) is 5.92 Å². The largest absolute Gasteiger partial charge is 0.360 e. The zero-order valence-electron chi connectivity index (χ0n) is 15.7. The smallest absolute Gasteiger partial charge is 0.209 e. The third-order valence-electron chi connectivity index (χ3n) is 5.22. The van der Waals surface area contributed by atoms with Crippen molar-refractivity contribution in [1.82, 2.24) is 20.2 Å². The number of aryl methyl sites for hydroxylation is 1. The van der Waals surface area contributed by atoms with Crippen molar-refractivity contribution >= 4 is 5.69 Å². The van der Waals surface area contributed by atoms with Crippen molar-refractivity contribution in [3.05, 3.63) is 36.2 Å². The summed E-state index contributed by atoms with van der Waals surface area (Å²) in [4.78, 5) is 4.09. The first kappa shape index (κ1) is 17.9. The predicted octanol–water partition coefficient (Wildman–Crippen LogP) is 1.58. The lowest BCUT2D eigenvalue weighted by Gasteiger charge is -2.36. The normalized spacial score (nSPS) is 17.2. The number of benzene rings is 1. The maximum atomic E-state index is 4.39. The molecule has 0 bridgehead atoms. The Bertz CT molecular complexity index is 630. The average Bonchev–Trinajstić information content (AvgIpc) is 3.10. The fraction of sp³-hybridized carbons (Fsp3) is 0.632. The maximum absolute atomic E-state index is 4.39. The highest BCUT2D eigenvalue weighted by atomic mass is 15.5. The van der Waals surface area contributed by atoms with Crippen LogP contribution < -0.4 is 9.80 Å². The number of anilines is 1. The van der Waals surface area contributed by atoms with Gasteiger partial charge in [-0.25, -0.2) is 4.68 Å². The third-order valence-corrected chi connectivity index (χ3v) is 5.22. The molecule has 0 aliphatic carbocycles. The summed E-state index contributed by atoms with van der Waals surface area (Å²) in [6.07, 6.45) is 2.19. The standard InChI is InChI=1S/C19H30N6/c1-4-18(19-20-21-22-25(19)11-10-16(2)3)24-14-12-23(13-15-24)17-8-6-5-7-9-17/h5-9,16,18H,4,10-15H2,1-3H3/p+1/t18-/m0/s1. The molecule has 6 heteroatoms. The molecule has 25 heavy (non-hydrogen) atoms. The molecule has 1 saturated heterocycles. The molecule has 1 N–H and O–H groups in total. The van der Waals surface area contributed by atoms with E-state index in [0.717, 1.165) is 51.4 Å². The third kappa shape index (κ3) is 4.37. The van der Waals surface area contributed by atoms with Crippen LogP contribution in [0, 0.1) is 5.92 Å². The Morgan fingerprint density at radius 1 is 1.12 bits per heavy atom. The lowest BCUT2D eigenvalue weighted by atomic mass is 10.1. The van der Waals surface area contributed by atoms with Crippen molar-refractivity contribution in [3.8, 4) is 0 Å². The van der Waals surface area contributed by atoms with E-state index < -0.39 is 0 Å². The Labute approximate surface area is 150 Å². The van der Waals surface area contributed by atoms with Gasteiger partial charge in [0.25, 0.3) is 0 Å². The lowest BCUT2D eigenvalue weighted by Crippen LogP contribution is -3.15. The molecule has 2 heterocycles. The number of nitrogens with one attached hydrogen (secondary N) is 1. The maximum Gasteiger partial charge on any atom is 0.209 e. The zero-order valence-corrected chi connectivity index (χ0v) is 15.7. The monoisotopic (exact) mass is 343 g/mol. The number of hydrogen-bond acceptors (Lipinski definition) is 4. The highest BCUT2D eigenvalue weighted by Crippen LogP contribution is 2.15. The molecule has 0 spiro atoms. The Morgan fingerprint density at radius 3 is 2.48 bits per heavy atom. The van der Waals surface area contributed by atoms with Crippen LogP contribution in [0.4, 0.5) is 5.69 Å². The summed E-state index contributed by atoms with van der Waals surface area (Å²) in [5.41, 5.74) is 1.33. The minimum atomic E-state index is 0.389. The molecule has 0 unspecified atom stereocenters. The molecular formula is C19H31N6+. The second-order valence-corrected chi connectivity index (χ2v) is 7.38. The summed E-state index contributed by atoms with van der Waals surface area (Å²) in [6.45, 7) is 12.1. The second kappa shape index (κ2) is 8.43. The first-order valence-electron chi connectivity index (χ1n) is 9.59. The molecule has 0 saturated carbocycles.